The molecule has 0 fully saturated rings. The molecule has 0 heterocycles. The first-order chi connectivity index (χ1) is 38.3. The number of carbonyl (C=O) groups is 3. The van der Waals surface area contributed by atoms with Crippen LogP contribution in [0, 0.1) is 47.3 Å². The molecule has 13 nitrogen and oxygen atoms in total. The highest BCUT2D eigenvalue weighted by molar-refractivity contribution is 7.53. The molecule has 0 aliphatic heterocycles. The summed E-state index contributed by atoms with van der Waals surface area (Å²) in [4.78, 5) is 42.2. The molecule has 0 saturated carbocycles. The molecule has 0 aromatic heterocycles. The first-order valence-electron chi connectivity index (χ1n) is 33.8. The van der Waals surface area contributed by atoms with Crippen LogP contribution in [0.4, 0.5) is 14.4 Å². The summed E-state index contributed by atoms with van der Waals surface area (Å²) in [5.74, 6) is 5.80. The van der Waals surface area contributed by atoms with Crippen molar-refractivity contribution < 1.29 is 42.2 Å². The van der Waals surface area contributed by atoms with Crippen molar-refractivity contribution in [2.45, 2.75) is 309 Å². The zero-order chi connectivity index (χ0) is 62.2. The third-order valence-electron chi connectivity index (χ3n) is 15.6. The van der Waals surface area contributed by atoms with Crippen LogP contribution in [0.2, 0.25) is 0 Å². The number of hydrogen-bond acceptors (Lipinski definition) is 10. The summed E-state index contributed by atoms with van der Waals surface area (Å²) in [6.45, 7) is 44.6. The van der Waals surface area contributed by atoms with Crippen molar-refractivity contribution in [2.75, 3.05) is 65.2 Å². The second-order valence-corrected chi connectivity index (χ2v) is 31.6. The Morgan fingerprint density at radius 1 is 0.378 bits per heavy atom. The molecule has 488 valence electrons. The van der Waals surface area contributed by atoms with Crippen LogP contribution in [0.3, 0.4) is 0 Å². The van der Waals surface area contributed by atoms with Crippen molar-refractivity contribution in [1.82, 2.24) is 20.4 Å². The van der Waals surface area contributed by atoms with Gasteiger partial charge >= 0.3 is 25.9 Å². The van der Waals surface area contributed by atoms with Gasteiger partial charge in [-0.3, -0.25) is 4.57 Å². The summed E-state index contributed by atoms with van der Waals surface area (Å²) in [6.07, 6.45) is 27.6. The molecule has 0 aliphatic rings. The van der Waals surface area contributed by atoms with E-state index in [-0.39, 0.29) is 6.09 Å². The van der Waals surface area contributed by atoms with Crippen LogP contribution in [-0.4, -0.2) is 110 Å². The fraction of sp³-hybridized carbons (Fsp3) is 0.956. The second kappa shape index (κ2) is 45.2. The Balaban J connectivity index is 5.38. The van der Waals surface area contributed by atoms with Gasteiger partial charge in [0, 0.05) is 32.7 Å². The van der Waals surface area contributed by atoms with Crippen LogP contribution in [0.1, 0.15) is 292 Å². The van der Waals surface area contributed by atoms with Gasteiger partial charge in [-0.1, -0.05) is 185 Å². The number of ether oxygens (including phenoxy) is 3. The lowest BCUT2D eigenvalue weighted by molar-refractivity contribution is 0.0207. The van der Waals surface area contributed by atoms with Gasteiger partial charge in [-0.05, 0) is 168 Å². The molecule has 0 rings (SSSR count). The lowest BCUT2D eigenvalue weighted by Gasteiger charge is -2.29. The quantitative estimate of drug-likeness (QED) is 0.0343. The standard InChI is InChI=1S/C68H137N4O9P/c1-55(2)31-22-33-57(5)35-24-37-59(7)39-26-41-61(9)43-52-77-82(76,78-53-44-62(10)42-27-40-60(8)38-25-36-58(6)34-23-32-56(3)4)54-30-46-69-45-28-50-71(64(74)80-67(14,15)16)48-20-21-49-72(65(75)81-68(17,18)19)51-29-47-70-63(73)79-66(11,12)13/h55-62,69H,20-54H2,1-19H3,(H,70,73). The predicted octanol–water partition coefficient (Wildman–Crippen LogP) is 19.7. The minimum absolute atomic E-state index is 0.352. The molecule has 0 spiro atoms. The van der Waals surface area contributed by atoms with Crippen LogP contribution >= 0.6 is 7.60 Å². The summed E-state index contributed by atoms with van der Waals surface area (Å²) in [5, 5.41) is 6.29. The molecule has 0 aromatic carbocycles. The molecule has 0 aromatic rings. The molecule has 3 amide bonds. The number of hydrogen-bond donors (Lipinski definition) is 2. The predicted molar refractivity (Wildman–Crippen MR) is 347 cm³/mol. The first-order valence-corrected chi connectivity index (χ1v) is 35.5. The van der Waals surface area contributed by atoms with E-state index in [0.29, 0.717) is 109 Å². The Morgan fingerprint density at radius 2 is 0.671 bits per heavy atom. The van der Waals surface area contributed by atoms with Gasteiger partial charge in [-0.25, -0.2) is 14.4 Å². The van der Waals surface area contributed by atoms with Crippen molar-refractivity contribution >= 4 is 25.9 Å². The molecular weight excluding hydrogens is 1050 g/mol. The maximum Gasteiger partial charge on any atom is 0.410 e. The molecule has 0 radical (unpaired) electrons. The van der Waals surface area contributed by atoms with E-state index in [1.54, 1.807) is 9.80 Å². The van der Waals surface area contributed by atoms with Gasteiger partial charge in [0.2, 0.25) is 0 Å². The Morgan fingerprint density at radius 3 is 1.00 bits per heavy atom. The number of carbonyl (C=O) groups excluding carboxylic acids is 3. The Bertz CT molecular complexity index is 1590. The maximum absolute atomic E-state index is 14.4. The molecule has 2 N–H and O–H groups in total. The normalized spacial score (nSPS) is 15.4. The lowest BCUT2D eigenvalue weighted by atomic mass is 9.91. The SMILES string of the molecule is CC(C)CCCC(C)CCCC(C)CCCC(C)CCOP(=O)(CCCNCCCN(CCCCN(CCCNC(=O)OC(C)(C)C)C(=O)OC(C)(C)C)C(=O)OC(C)(C)C)OCCC(C)CCCC(C)CCCC(C)CCCC(C)C. The highest BCUT2D eigenvalue weighted by Gasteiger charge is 2.27. The summed E-state index contributed by atoms with van der Waals surface area (Å²) in [5.41, 5.74) is -1.90. The van der Waals surface area contributed by atoms with Crippen LogP contribution in [0.25, 0.3) is 0 Å². The summed E-state index contributed by atoms with van der Waals surface area (Å²) >= 11 is 0. The number of nitrogens with one attached hydrogen (secondary N) is 2. The minimum atomic E-state index is -3.31. The smallest absolute Gasteiger partial charge is 0.410 e. The van der Waals surface area contributed by atoms with E-state index < -0.39 is 36.6 Å². The largest absolute Gasteiger partial charge is 0.444 e. The Kier molecular flexibility index (Phi) is 44.1. The van der Waals surface area contributed by atoms with E-state index in [1.165, 1.54) is 103 Å². The third-order valence-corrected chi connectivity index (χ3v) is 17.6. The highest BCUT2D eigenvalue weighted by atomic mass is 31.2. The van der Waals surface area contributed by atoms with Gasteiger partial charge in [-0.2, -0.15) is 0 Å². The fourth-order valence-corrected chi connectivity index (χ4v) is 12.0. The van der Waals surface area contributed by atoms with Crippen molar-refractivity contribution in [3.63, 3.8) is 0 Å². The van der Waals surface area contributed by atoms with Gasteiger partial charge in [-0.15, -0.1) is 0 Å². The third kappa shape index (κ3) is 50.1. The van der Waals surface area contributed by atoms with Crippen LogP contribution in [-0.2, 0) is 27.8 Å². The number of unbranched alkanes of at least 4 members (excludes halogenated alkanes) is 1. The van der Waals surface area contributed by atoms with E-state index in [4.69, 9.17) is 23.3 Å². The van der Waals surface area contributed by atoms with E-state index in [9.17, 15) is 18.9 Å². The van der Waals surface area contributed by atoms with Gasteiger partial charge < -0.3 is 43.7 Å². The molecule has 6 atom stereocenters. The summed E-state index contributed by atoms with van der Waals surface area (Å²) in [6, 6.07) is 0. The first kappa shape index (κ1) is 79.9. The van der Waals surface area contributed by atoms with Crippen molar-refractivity contribution in [3.8, 4) is 0 Å². The average molecular weight is 1190 g/mol. The molecule has 14 heteroatoms. The number of rotatable bonds is 49. The van der Waals surface area contributed by atoms with Gasteiger partial charge in [0.1, 0.15) is 16.8 Å². The van der Waals surface area contributed by atoms with E-state index in [2.05, 4.69) is 79.9 Å². The van der Waals surface area contributed by atoms with Crippen molar-refractivity contribution in [2.24, 2.45) is 47.3 Å². The zero-order valence-electron chi connectivity index (χ0n) is 57.4. The van der Waals surface area contributed by atoms with Crippen LogP contribution in [0.5, 0.6) is 0 Å². The molecule has 82 heavy (non-hydrogen) atoms. The van der Waals surface area contributed by atoms with E-state index >= 15 is 0 Å². The molecule has 0 aliphatic carbocycles. The van der Waals surface area contributed by atoms with E-state index in [0.717, 1.165) is 61.2 Å². The van der Waals surface area contributed by atoms with Gasteiger partial charge in [0.25, 0.3) is 0 Å². The lowest BCUT2D eigenvalue weighted by Crippen LogP contribution is -2.40. The highest BCUT2D eigenvalue weighted by Crippen LogP contribution is 2.49. The van der Waals surface area contributed by atoms with Crippen LogP contribution < -0.4 is 10.6 Å². The van der Waals surface area contributed by atoms with Crippen molar-refractivity contribution in [1.29, 1.82) is 0 Å². The van der Waals surface area contributed by atoms with Crippen LogP contribution in [0.15, 0.2) is 0 Å². The molecule has 6 unspecified atom stereocenters. The molecule has 0 bridgehead atoms. The Hall–Kier alpha value is -2.08. The fourth-order valence-electron chi connectivity index (χ4n) is 10.4. The minimum Gasteiger partial charge on any atom is -0.444 e. The summed E-state index contributed by atoms with van der Waals surface area (Å²) in [7, 11) is -3.31. The molecular formula is C68H137N4O9P. The Labute approximate surface area is 507 Å². The number of amides is 3. The monoisotopic (exact) mass is 1190 g/mol. The van der Waals surface area contributed by atoms with Gasteiger partial charge in [0.15, 0.2) is 0 Å². The van der Waals surface area contributed by atoms with E-state index in [1.807, 2.05) is 62.3 Å². The van der Waals surface area contributed by atoms with Gasteiger partial charge in [0.05, 0.1) is 19.4 Å². The zero-order valence-corrected chi connectivity index (χ0v) is 58.3. The summed E-state index contributed by atoms with van der Waals surface area (Å²) < 4.78 is 43.9. The number of nitrogens with zero attached hydrogens (tertiary/aromatic N) is 2. The maximum atomic E-state index is 14.4. The average Bonchev–Trinajstić information content (AvgIpc) is 3.34. The van der Waals surface area contributed by atoms with Crippen molar-refractivity contribution in [3.05, 3.63) is 0 Å². The topological polar surface area (TPSA) is 145 Å². The second-order valence-electron chi connectivity index (χ2n) is 29.5. The molecule has 0 saturated heterocycles. The number of alkyl carbamates (subject to hydrolysis) is 1.